The van der Waals surface area contributed by atoms with Gasteiger partial charge >= 0.3 is 0 Å². The van der Waals surface area contributed by atoms with Crippen LogP contribution in [-0.4, -0.2) is 53.3 Å². The highest BCUT2D eigenvalue weighted by atomic mass is 35.5. The van der Waals surface area contributed by atoms with Crippen molar-refractivity contribution in [3.63, 3.8) is 0 Å². The maximum atomic E-state index is 14.9. The van der Waals surface area contributed by atoms with Crippen LogP contribution in [0.3, 0.4) is 0 Å². The van der Waals surface area contributed by atoms with E-state index in [1.165, 1.54) is 19.1 Å². The molecular formula is C32H42ClF2N3O2. The number of likely N-dealkylation sites (tertiary alicyclic amines) is 2. The molecule has 2 saturated heterocycles. The van der Waals surface area contributed by atoms with Crippen LogP contribution in [0.15, 0.2) is 30.3 Å². The molecule has 2 amide bonds. The van der Waals surface area contributed by atoms with Crippen molar-refractivity contribution in [2.75, 3.05) is 26.2 Å². The van der Waals surface area contributed by atoms with Crippen LogP contribution in [-0.2, 0) is 9.59 Å². The molecule has 0 aromatic heterocycles. The Hall–Kier alpha value is -2.51. The van der Waals surface area contributed by atoms with Crippen LogP contribution in [0.1, 0.15) is 94.0 Å². The van der Waals surface area contributed by atoms with Crippen LogP contribution in [0.4, 0.5) is 8.78 Å². The maximum absolute atomic E-state index is 14.9. The molecule has 1 unspecified atom stereocenters. The lowest BCUT2D eigenvalue weighted by molar-refractivity contribution is -0.136. The van der Waals surface area contributed by atoms with Crippen LogP contribution in [0.2, 0.25) is 5.02 Å². The van der Waals surface area contributed by atoms with Crippen molar-refractivity contribution in [3.05, 3.63) is 69.2 Å². The second kappa shape index (κ2) is 12.2. The number of rotatable bonds is 6. The molecule has 218 valence electrons. The minimum absolute atomic E-state index is 0.0331. The molecule has 8 heteroatoms. The van der Waals surface area contributed by atoms with Crippen molar-refractivity contribution in [1.82, 2.24) is 15.1 Å². The first-order chi connectivity index (χ1) is 18.8. The molecule has 2 aliphatic heterocycles. The number of amides is 2. The predicted octanol–water partition coefficient (Wildman–Crippen LogP) is 6.73. The average molecular weight is 574 g/mol. The van der Waals surface area contributed by atoms with E-state index in [0.717, 1.165) is 42.0 Å². The van der Waals surface area contributed by atoms with Gasteiger partial charge in [-0.3, -0.25) is 14.5 Å². The Morgan fingerprint density at radius 1 is 1.07 bits per heavy atom. The van der Waals surface area contributed by atoms with Gasteiger partial charge in [0.15, 0.2) is 0 Å². The third kappa shape index (κ3) is 6.52. The predicted molar refractivity (Wildman–Crippen MR) is 156 cm³/mol. The summed E-state index contributed by atoms with van der Waals surface area (Å²) in [5.74, 6) is -1.77. The van der Waals surface area contributed by atoms with Crippen molar-refractivity contribution in [2.24, 2.45) is 5.92 Å². The number of carbonyl (C=O) groups is 2. The molecule has 3 atom stereocenters. The van der Waals surface area contributed by atoms with Gasteiger partial charge in [0, 0.05) is 55.6 Å². The number of aryl methyl sites for hydroxylation is 1. The van der Waals surface area contributed by atoms with Gasteiger partial charge in [0.1, 0.15) is 11.6 Å². The van der Waals surface area contributed by atoms with Crippen LogP contribution < -0.4 is 5.32 Å². The fraction of sp³-hybridized carbons (Fsp3) is 0.562. The summed E-state index contributed by atoms with van der Waals surface area (Å²) in [5.41, 5.74) is 3.42. The number of piperidine rings is 1. The van der Waals surface area contributed by atoms with Gasteiger partial charge in [-0.25, -0.2) is 8.78 Å². The second-order valence-electron chi connectivity index (χ2n) is 12.4. The zero-order valence-electron chi connectivity index (χ0n) is 24.5. The number of carbonyl (C=O) groups excluding carboxylic acids is 2. The number of hydrogen-bond donors (Lipinski definition) is 1. The zero-order valence-corrected chi connectivity index (χ0v) is 25.2. The normalized spacial score (nSPS) is 21.5. The molecule has 0 aliphatic carbocycles. The standard InChI is InChI=1S/C32H42ClF2N3O2/c1-7-30(36-20(3)39)25-14-19(2)28(33)16-24(25)21-10-12-37(13-11-21)31(40)27-18-38(32(4,5)6)17-26(27)23-9-8-22(34)15-29(23)35/h8-9,14-16,21,26-27,30H,7,10-13,17-18H2,1-6H3,(H,36,39)/t26-,27?,30-/m0/s1. The highest BCUT2D eigenvalue weighted by Gasteiger charge is 2.45. The molecule has 1 N–H and O–H groups in total. The van der Waals surface area contributed by atoms with E-state index in [-0.39, 0.29) is 35.2 Å². The highest BCUT2D eigenvalue weighted by Crippen LogP contribution is 2.41. The SMILES string of the molecule is CC[C@H](NC(C)=O)c1cc(C)c(Cl)cc1C1CCN(C(=O)C2CN(C(C)(C)C)C[C@H]2c2ccc(F)cc2F)CC1. The summed E-state index contributed by atoms with van der Waals surface area (Å²) < 4.78 is 28.6. The molecule has 5 nitrogen and oxygen atoms in total. The summed E-state index contributed by atoms with van der Waals surface area (Å²) in [6, 6.07) is 7.70. The van der Waals surface area contributed by atoms with Crippen molar-refractivity contribution >= 4 is 23.4 Å². The van der Waals surface area contributed by atoms with E-state index < -0.39 is 17.6 Å². The Morgan fingerprint density at radius 3 is 2.33 bits per heavy atom. The number of nitrogens with one attached hydrogen (secondary N) is 1. The van der Waals surface area contributed by atoms with Crippen LogP contribution in [0, 0.1) is 24.5 Å². The van der Waals surface area contributed by atoms with Crippen molar-refractivity contribution in [2.45, 2.75) is 84.2 Å². The van der Waals surface area contributed by atoms with Crippen molar-refractivity contribution in [3.8, 4) is 0 Å². The first-order valence-corrected chi connectivity index (χ1v) is 14.7. The summed E-state index contributed by atoms with van der Waals surface area (Å²) in [6.07, 6.45) is 2.32. The van der Waals surface area contributed by atoms with Crippen molar-refractivity contribution in [1.29, 1.82) is 0 Å². The monoisotopic (exact) mass is 573 g/mol. The number of halogens is 3. The molecule has 4 rings (SSSR count). The van der Waals surface area contributed by atoms with Crippen LogP contribution >= 0.6 is 11.6 Å². The Bertz CT molecular complexity index is 1250. The molecule has 0 spiro atoms. The molecule has 2 aromatic rings. The number of nitrogens with zero attached hydrogens (tertiary/aromatic N) is 2. The first kappa shape index (κ1) is 30.4. The minimum Gasteiger partial charge on any atom is -0.350 e. The quantitative estimate of drug-likeness (QED) is 0.417. The van der Waals surface area contributed by atoms with Gasteiger partial charge in [0.25, 0.3) is 0 Å². The van der Waals surface area contributed by atoms with Gasteiger partial charge < -0.3 is 10.2 Å². The van der Waals surface area contributed by atoms with Gasteiger partial charge in [-0.1, -0.05) is 30.7 Å². The van der Waals surface area contributed by atoms with E-state index in [1.807, 2.05) is 17.9 Å². The lowest BCUT2D eigenvalue weighted by atomic mass is 9.82. The molecule has 0 bridgehead atoms. The molecular weight excluding hydrogens is 532 g/mol. The summed E-state index contributed by atoms with van der Waals surface area (Å²) in [6.45, 7) is 14.1. The molecule has 0 saturated carbocycles. The van der Waals surface area contributed by atoms with Gasteiger partial charge in [-0.2, -0.15) is 0 Å². The van der Waals surface area contributed by atoms with Gasteiger partial charge in [0.05, 0.1) is 12.0 Å². The van der Waals surface area contributed by atoms with E-state index in [4.69, 9.17) is 11.6 Å². The van der Waals surface area contributed by atoms with Crippen LogP contribution in [0.25, 0.3) is 0 Å². The van der Waals surface area contributed by atoms with Crippen molar-refractivity contribution < 1.29 is 18.4 Å². The summed E-state index contributed by atoms with van der Waals surface area (Å²) in [5, 5.41) is 3.78. The second-order valence-corrected chi connectivity index (χ2v) is 12.9. The van der Waals surface area contributed by atoms with E-state index in [9.17, 15) is 18.4 Å². The third-order valence-corrected chi connectivity index (χ3v) is 9.13. The summed E-state index contributed by atoms with van der Waals surface area (Å²) in [4.78, 5) is 30.0. The Morgan fingerprint density at radius 2 is 1.75 bits per heavy atom. The highest BCUT2D eigenvalue weighted by molar-refractivity contribution is 6.31. The topological polar surface area (TPSA) is 52.7 Å². The zero-order chi connectivity index (χ0) is 29.4. The van der Waals surface area contributed by atoms with E-state index in [0.29, 0.717) is 36.8 Å². The van der Waals surface area contributed by atoms with Gasteiger partial charge in [-0.15, -0.1) is 0 Å². The molecule has 2 fully saturated rings. The number of hydrogen-bond acceptors (Lipinski definition) is 3. The largest absolute Gasteiger partial charge is 0.350 e. The minimum atomic E-state index is -0.615. The Kier molecular flexibility index (Phi) is 9.25. The summed E-state index contributed by atoms with van der Waals surface area (Å²) >= 11 is 6.56. The van der Waals surface area contributed by atoms with Crippen LogP contribution in [0.5, 0.6) is 0 Å². The summed E-state index contributed by atoms with van der Waals surface area (Å²) in [7, 11) is 0. The smallest absolute Gasteiger partial charge is 0.227 e. The molecule has 40 heavy (non-hydrogen) atoms. The Balaban J connectivity index is 1.55. The Labute approximate surface area is 242 Å². The number of benzene rings is 2. The third-order valence-electron chi connectivity index (χ3n) is 8.72. The molecule has 2 heterocycles. The van der Waals surface area contributed by atoms with E-state index >= 15 is 0 Å². The van der Waals surface area contributed by atoms with E-state index in [2.05, 4.69) is 44.0 Å². The molecule has 2 aliphatic rings. The molecule has 2 aromatic carbocycles. The fourth-order valence-electron chi connectivity index (χ4n) is 6.38. The lowest BCUT2D eigenvalue weighted by Crippen LogP contribution is -2.44. The lowest BCUT2D eigenvalue weighted by Gasteiger charge is -2.36. The fourth-order valence-corrected chi connectivity index (χ4v) is 6.56. The molecule has 0 radical (unpaired) electrons. The van der Waals surface area contributed by atoms with Gasteiger partial charge in [-0.05, 0) is 87.3 Å². The van der Waals surface area contributed by atoms with E-state index in [1.54, 1.807) is 0 Å². The maximum Gasteiger partial charge on any atom is 0.227 e. The first-order valence-electron chi connectivity index (χ1n) is 14.4. The average Bonchev–Trinajstić information content (AvgIpc) is 3.34. The van der Waals surface area contributed by atoms with Gasteiger partial charge in [0.2, 0.25) is 11.8 Å².